The minimum atomic E-state index is -0.146. The third-order valence-electron chi connectivity index (χ3n) is 8.54. The number of methoxy groups -OCH3 is 1. The molecule has 4 heteroatoms. The maximum Gasteiger partial charge on any atom is 0.165 e. The zero-order valence-electron chi connectivity index (χ0n) is 25.2. The normalized spacial score (nSPS) is 21.4. The van der Waals surface area contributed by atoms with E-state index in [0.717, 1.165) is 64.9 Å². The van der Waals surface area contributed by atoms with Gasteiger partial charge in [0.1, 0.15) is 11.4 Å². The summed E-state index contributed by atoms with van der Waals surface area (Å²) in [4.78, 5) is 3.49. The number of phenols is 1. The number of aromatic nitrogens is 1. The zero-order valence-corrected chi connectivity index (χ0v) is 25.2. The van der Waals surface area contributed by atoms with Crippen LogP contribution >= 0.6 is 0 Å². The minimum Gasteiger partial charge on any atom is -0.507 e. The predicted molar refractivity (Wildman–Crippen MR) is 165 cm³/mol. The van der Waals surface area contributed by atoms with Crippen LogP contribution in [0.3, 0.4) is 0 Å². The summed E-state index contributed by atoms with van der Waals surface area (Å²) < 4.78 is 12.5. The first kappa shape index (κ1) is 28.9. The van der Waals surface area contributed by atoms with Gasteiger partial charge in [-0.25, -0.2) is 0 Å². The van der Waals surface area contributed by atoms with Crippen LogP contribution in [0, 0.1) is 11.3 Å². The Kier molecular flexibility index (Phi) is 8.54. The number of hydrogen-bond acceptors (Lipinski definition) is 3. The quantitative estimate of drug-likeness (QED) is 0.247. The third-order valence-corrected chi connectivity index (χ3v) is 8.54. The Morgan fingerprint density at radius 3 is 2.46 bits per heavy atom. The first-order valence-corrected chi connectivity index (χ1v) is 14.6. The second-order valence-corrected chi connectivity index (χ2v) is 12.2. The molecule has 1 fully saturated rings. The lowest BCUT2D eigenvalue weighted by atomic mass is 9.59. The van der Waals surface area contributed by atoms with Gasteiger partial charge in [-0.3, -0.25) is 0 Å². The number of benzene rings is 2. The number of allylic oxidation sites excluding steroid dienone is 2. The summed E-state index contributed by atoms with van der Waals surface area (Å²) in [7, 11) is 1.72. The molecule has 0 amide bonds. The monoisotopic (exact) mass is 529 g/mol. The molecule has 0 spiro atoms. The zero-order chi connectivity index (χ0) is 28.4. The molecule has 1 saturated carbocycles. The van der Waals surface area contributed by atoms with Crippen molar-refractivity contribution in [2.24, 2.45) is 11.3 Å². The summed E-state index contributed by atoms with van der Waals surface area (Å²) >= 11 is 0. The highest BCUT2D eigenvalue weighted by Gasteiger charge is 2.51. The minimum absolute atomic E-state index is 0.146. The molecule has 2 atom stereocenters. The fourth-order valence-corrected chi connectivity index (χ4v) is 6.57. The van der Waals surface area contributed by atoms with Gasteiger partial charge in [0.15, 0.2) is 11.5 Å². The topological polar surface area (TPSA) is 54.5 Å². The summed E-state index contributed by atoms with van der Waals surface area (Å²) in [6.45, 7) is 15.3. The molecule has 39 heavy (non-hydrogen) atoms. The van der Waals surface area contributed by atoms with Crippen molar-refractivity contribution >= 4 is 23.1 Å². The number of rotatable bonds is 6. The maximum absolute atomic E-state index is 10.7. The summed E-state index contributed by atoms with van der Waals surface area (Å²) in [5.41, 5.74) is 6.78. The molecule has 1 unspecified atom stereocenters. The molecule has 5 rings (SSSR count). The van der Waals surface area contributed by atoms with Gasteiger partial charge < -0.3 is 19.6 Å². The molecule has 2 N–H and O–H groups in total. The van der Waals surface area contributed by atoms with E-state index >= 15 is 0 Å². The smallest absolute Gasteiger partial charge is 0.165 e. The van der Waals surface area contributed by atoms with Crippen molar-refractivity contribution < 1.29 is 14.6 Å². The molecule has 2 aromatic carbocycles. The van der Waals surface area contributed by atoms with E-state index in [9.17, 15) is 5.11 Å². The molecule has 1 aromatic heterocycles. The fraction of sp³-hybridized carbons (Fsp3) is 0.486. The van der Waals surface area contributed by atoms with E-state index in [-0.39, 0.29) is 11.0 Å². The first-order valence-electron chi connectivity index (χ1n) is 14.6. The van der Waals surface area contributed by atoms with Crippen LogP contribution in [0.1, 0.15) is 96.5 Å². The van der Waals surface area contributed by atoms with Crippen molar-refractivity contribution in [3.8, 4) is 17.2 Å². The van der Waals surface area contributed by atoms with Crippen LogP contribution in [0.4, 0.5) is 0 Å². The van der Waals surface area contributed by atoms with Gasteiger partial charge in [0, 0.05) is 22.5 Å². The number of fused-ring (bicyclic) bond motifs is 3. The largest absolute Gasteiger partial charge is 0.507 e. The van der Waals surface area contributed by atoms with Crippen LogP contribution in [0.25, 0.3) is 23.1 Å². The highest BCUT2D eigenvalue weighted by Crippen LogP contribution is 2.54. The first-order chi connectivity index (χ1) is 18.6. The number of aromatic hydroxyl groups is 1. The molecule has 0 saturated heterocycles. The molecular weight excluding hydrogens is 482 g/mol. The van der Waals surface area contributed by atoms with Crippen molar-refractivity contribution in [1.82, 2.24) is 4.98 Å². The van der Waals surface area contributed by atoms with E-state index in [1.54, 1.807) is 7.11 Å². The van der Waals surface area contributed by atoms with Gasteiger partial charge in [0.2, 0.25) is 0 Å². The third kappa shape index (κ3) is 6.05. The summed E-state index contributed by atoms with van der Waals surface area (Å²) in [6, 6.07) is 10.3. The van der Waals surface area contributed by atoms with Crippen LogP contribution < -0.4 is 9.47 Å². The van der Waals surface area contributed by atoms with Crippen LogP contribution in [-0.2, 0) is 12.8 Å². The number of phenolic OH excluding ortho intramolecular Hbond substituents is 1. The van der Waals surface area contributed by atoms with Crippen molar-refractivity contribution in [3.63, 3.8) is 0 Å². The number of ether oxygens (including phenoxy) is 2. The van der Waals surface area contributed by atoms with Crippen LogP contribution in [0.5, 0.6) is 17.2 Å². The second-order valence-electron chi connectivity index (χ2n) is 12.2. The summed E-state index contributed by atoms with van der Waals surface area (Å²) in [5.74, 6) is 2.48. The number of aromatic amines is 1. The van der Waals surface area contributed by atoms with Crippen LogP contribution in [-0.4, -0.2) is 22.8 Å². The van der Waals surface area contributed by atoms with Gasteiger partial charge in [0.25, 0.3) is 0 Å². The highest BCUT2D eigenvalue weighted by molar-refractivity contribution is 5.89. The van der Waals surface area contributed by atoms with Crippen LogP contribution in [0.15, 0.2) is 42.0 Å². The molecule has 3 aromatic rings. The van der Waals surface area contributed by atoms with E-state index in [1.165, 1.54) is 24.0 Å². The molecule has 4 nitrogen and oxygen atoms in total. The Labute approximate surface area is 235 Å². The van der Waals surface area contributed by atoms with Crippen molar-refractivity contribution in [2.75, 3.05) is 7.11 Å². The molecular formula is C35H47NO3. The molecule has 2 aliphatic rings. The number of hydrogen-bond donors (Lipinski definition) is 2. The second kappa shape index (κ2) is 11.5. The Morgan fingerprint density at radius 1 is 1.05 bits per heavy atom. The number of nitrogens with one attached hydrogen (secondary N) is 1. The van der Waals surface area contributed by atoms with Gasteiger partial charge in [0.05, 0.1) is 7.11 Å². The molecule has 0 radical (unpaired) electrons. The van der Waals surface area contributed by atoms with Gasteiger partial charge in [-0.15, -0.1) is 0 Å². The van der Waals surface area contributed by atoms with Crippen LogP contribution in [0.2, 0.25) is 0 Å². The Bertz CT molecular complexity index is 1370. The molecule has 0 bridgehead atoms. The van der Waals surface area contributed by atoms with Gasteiger partial charge in [-0.05, 0) is 112 Å². The standard InChI is InChI=1S/C33H41NO3.C2H6/c1-21(2)9-7-10-25-20-26-27(34-25)16-23(17-28(26)35)12-11-22-15-24-19-30-32(3,4)13-8-14-33(30,5)37-31(24)29(18-22)36-6;1-2/h9,11-12,15-18,20,30,34-35H,7-8,10,13-14,19H2,1-6H3;1-2H3/b12-11+;/t30?,33-;/m1./s1. The lowest BCUT2D eigenvalue weighted by Gasteiger charge is -2.53. The number of H-pyrrole nitrogens is 1. The van der Waals surface area contributed by atoms with E-state index in [4.69, 9.17) is 9.47 Å². The van der Waals surface area contributed by atoms with Crippen molar-refractivity contribution in [1.29, 1.82) is 0 Å². The SMILES string of the molecule is CC.COc1cc(/C=C/c2cc(O)c3cc(CCC=C(C)C)[nH]c3c2)cc2c1O[C@]1(C)CCCC(C)(C)C1C2. The number of aryl methyl sites for hydroxylation is 1. The Morgan fingerprint density at radius 2 is 1.77 bits per heavy atom. The van der Waals surface area contributed by atoms with Crippen molar-refractivity contribution in [3.05, 3.63) is 64.4 Å². The van der Waals surface area contributed by atoms with Gasteiger partial charge >= 0.3 is 0 Å². The lowest BCUT2D eigenvalue weighted by molar-refractivity contribution is -0.0827. The van der Waals surface area contributed by atoms with E-state index in [0.29, 0.717) is 11.7 Å². The van der Waals surface area contributed by atoms with Gasteiger partial charge in [-0.1, -0.05) is 51.5 Å². The highest BCUT2D eigenvalue weighted by atomic mass is 16.5. The predicted octanol–water partition coefficient (Wildman–Crippen LogP) is 9.50. The Balaban J connectivity index is 0.00000172. The fourth-order valence-electron chi connectivity index (χ4n) is 6.57. The van der Waals surface area contributed by atoms with E-state index < -0.39 is 0 Å². The van der Waals surface area contributed by atoms with Gasteiger partial charge in [-0.2, -0.15) is 0 Å². The van der Waals surface area contributed by atoms with E-state index in [2.05, 4.69) is 82.1 Å². The van der Waals surface area contributed by atoms with E-state index in [1.807, 2.05) is 19.9 Å². The summed E-state index contributed by atoms with van der Waals surface area (Å²) in [6.07, 6.45) is 12.9. The molecule has 2 heterocycles. The Hall–Kier alpha value is -3.14. The molecule has 210 valence electrons. The average Bonchev–Trinajstić information content (AvgIpc) is 3.30. The lowest BCUT2D eigenvalue weighted by Crippen LogP contribution is -2.54. The molecule has 1 aliphatic heterocycles. The van der Waals surface area contributed by atoms with Crippen molar-refractivity contribution in [2.45, 2.75) is 92.6 Å². The maximum atomic E-state index is 10.7. The summed E-state index contributed by atoms with van der Waals surface area (Å²) in [5, 5.41) is 11.6. The molecule has 1 aliphatic carbocycles. The average molecular weight is 530 g/mol.